The van der Waals surface area contributed by atoms with E-state index in [1.54, 1.807) is 0 Å². The van der Waals surface area contributed by atoms with Crippen molar-refractivity contribution in [1.29, 1.82) is 0 Å². The van der Waals surface area contributed by atoms with Crippen molar-refractivity contribution < 1.29 is 0 Å². The Kier molecular flexibility index (Phi) is 6.13. The normalized spacial score (nSPS) is 12.2. The summed E-state index contributed by atoms with van der Waals surface area (Å²) in [4.78, 5) is 0. The van der Waals surface area contributed by atoms with Gasteiger partial charge in [0.2, 0.25) is 0 Å². The van der Waals surface area contributed by atoms with Crippen LogP contribution in [0.5, 0.6) is 0 Å². The van der Waals surface area contributed by atoms with Gasteiger partial charge in [-0.1, -0.05) is 170 Å². The van der Waals surface area contributed by atoms with Gasteiger partial charge in [-0.3, -0.25) is 0 Å². The molecule has 0 saturated heterocycles. The van der Waals surface area contributed by atoms with Gasteiger partial charge in [-0.15, -0.1) is 0 Å². The molecular weight excluding hydrogens is 518 g/mol. The zero-order valence-electron chi connectivity index (χ0n) is 22.3. The summed E-state index contributed by atoms with van der Waals surface area (Å²) in [5.74, 6) is 0. The Balaban J connectivity index is 1.63. The lowest BCUT2D eigenvalue weighted by molar-refractivity contribution is 1.32. The molecule has 0 atom stereocenters. The lowest BCUT2D eigenvalue weighted by atomic mass is 10.0. The van der Waals surface area contributed by atoms with Gasteiger partial charge in [-0.25, -0.2) is 0 Å². The molecule has 0 heterocycles. The van der Waals surface area contributed by atoms with Gasteiger partial charge in [0.25, 0.3) is 0 Å². The van der Waals surface area contributed by atoms with Gasteiger partial charge >= 0.3 is 0 Å². The van der Waals surface area contributed by atoms with Crippen LogP contribution in [0.15, 0.2) is 158 Å². The Morgan fingerprint density at radius 1 is 0.300 bits per heavy atom. The van der Waals surface area contributed by atoms with Crippen molar-refractivity contribution in [2.75, 3.05) is 0 Å². The number of hydrogen-bond donors (Lipinski definition) is 0. The van der Waals surface area contributed by atoms with E-state index in [1.807, 2.05) is 0 Å². The average Bonchev–Trinajstić information content (AvgIpc) is 3.04. The molecule has 192 valence electrons. The van der Waals surface area contributed by atoms with Crippen molar-refractivity contribution in [3.63, 3.8) is 0 Å². The minimum atomic E-state index is -2.17. The highest BCUT2D eigenvalue weighted by Gasteiger charge is 2.28. The first-order valence-corrected chi connectivity index (χ1v) is 17.6. The molecule has 0 unspecified atom stereocenters. The summed E-state index contributed by atoms with van der Waals surface area (Å²) in [6.45, 7) is -4.34. The van der Waals surface area contributed by atoms with Crippen molar-refractivity contribution >= 4 is 58.2 Å². The Hall–Kier alpha value is -4.08. The van der Waals surface area contributed by atoms with Gasteiger partial charge < -0.3 is 0 Å². The molecule has 0 spiro atoms. The van der Waals surface area contributed by atoms with Crippen molar-refractivity contribution in [3.05, 3.63) is 179 Å². The topological polar surface area (TPSA) is 0 Å². The molecular formula is C38H30P2. The Labute approximate surface area is 236 Å². The minimum Gasteiger partial charge on any atom is -0.0887 e. The van der Waals surface area contributed by atoms with E-state index in [4.69, 9.17) is 12.6 Å². The molecule has 1 aliphatic carbocycles. The third kappa shape index (κ3) is 3.68. The van der Waals surface area contributed by atoms with E-state index >= 15 is 0 Å². The molecule has 0 saturated carbocycles. The van der Waals surface area contributed by atoms with Crippen molar-refractivity contribution in [1.82, 2.24) is 0 Å². The molecule has 0 fully saturated rings. The van der Waals surface area contributed by atoms with E-state index in [0.29, 0.717) is 0 Å². The molecule has 0 N–H and O–H groups in total. The smallest absolute Gasteiger partial charge is 0.000937 e. The molecule has 0 bridgehead atoms. The van der Waals surface area contributed by atoms with Crippen LogP contribution in [-0.2, 0) is 0 Å². The van der Waals surface area contributed by atoms with Gasteiger partial charge in [-0.2, -0.15) is 0 Å². The first-order valence-electron chi connectivity index (χ1n) is 13.6. The third-order valence-electron chi connectivity index (χ3n) is 8.24. The molecule has 2 heteroatoms. The van der Waals surface area contributed by atoms with Gasteiger partial charge in [0.15, 0.2) is 0 Å². The van der Waals surface area contributed by atoms with Gasteiger partial charge in [0.1, 0.15) is 0 Å². The van der Waals surface area contributed by atoms with Crippen LogP contribution >= 0.6 is 13.8 Å². The fraction of sp³-hybridized carbons (Fsp3) is 0. The Morgan fingerprint density at radius 2 is 0.575 bits per heavy atom. The number of rotatable bonds is 6. The van der Waals surface area contributed by atoms with Crippen molar-refractivity contribution in [3.8, 4) is 0 Å². The van der Waals surface area contributed by atoms with Crippen LogP contribution in [0.1, 0.15) is 0 Å². The predicted molar refractivity (Wildman–Crippen MR) is 180 cm³/mol. The van der Waals surface area contributed by atoms with Gasteiger partial charge in [-0.05, 0) is 66.5 Å². The summed E-state index contributed by atoms with van der Waals surface area (Å²) in [6.07, 6.45) is 10.2. The van der Waals surface area contributed by atoms with E-state index in [0.717, 1.165) is 0 Å². The second-order valence-corrected chi connectivity index (χ2v) is 16.6. The summed E-state index contributed by atoms with van der Waals surface area (Å²) in [5, 5.41) is 13.2. The second kappa shape index (κ2) is 9.83. The Morgan fingerprint density at radius 3 is 0.850 bits per heavy atom. The third-order valence-corrected chi connectivity index (χ3v) is 15.3. The van der Waals surface area contributed by atoms with E-state index in [-0.39, 0.29) is 0 Å². The van der Waals surface area contributed by atoms with Gasteiger partial charge in [0, 0.05) is 0 Å². The molecule has 0 aromatic heterocycles. The number of benzene rings is 6. The monoisotopic (exact) mass is 548 g/mol. The molecule has 0 radical (unpaired) electrons. The van der Waals surface area contributed by atoms with E-state index < -0.39 is 13.8 Å². The van der Waals surface area contributed by atoms with E-state index in [9.17, 15) is 0 Å². The highest BCUT2D eigenvalue weighted by molar-refractivity contribution is 7.94. The van der Waals surface area contributed by atoms with E-state index in [1.165, 1.54) is 52.7 Å². The molecule has 40 heavy (non-hydrogen) atoms. The SMILES string of the molecule is C=P(c1ccccc1)(c1ccccc1)c1cccc2c1=c1c(P(=C)(c3ccccc3)c3ccccc3)cccc1=2. The predicted octanol–water partition coefficient (Wildman–Crippen LogP) is 6.03. The molecule has 0 amide bonds. The fourth-order valence-electron chi connectivity index (χ4n) is 6.21. The fourth-order valence-corrected chi connectivity index (χ4v) is 12.6. The molecule has 6 aromatic rings. The second-order valence-electron chi connectivity index (χ2n) is 10.4. The van der Waals surface area contributed by atoms with Crippen LogP contribution in [0.3, 0.4) is 0 Å². The quantitative estimate of drug-likeness (QED) is 0.223. The zero-order chi connectivity index (χ0) is 27.2. The highest BCUT2D eigenvalue weighted by atomic mass is 31.2. The summed E-state index contributed by atoms with van der Waals surface area (Å²) in [7, 11) is 0. The van der Waals surface area contributed by atoms with Gasteiger partial charge in [0.05, 0.1) is 0 Å². The first kappa shape index (κ1) is 24.9. The summed E-state index contributed by atoms with van der Waals surface area (Å²) >= 11 is 0. The largest absolute Gasteiger partial charge is 0.0887 e. The summed E-state index contributed by atoms with van der Waals surface area (Å²) in [5.41, 5.74) is 0. The van der Waals surface area contributed by atoms with Crippen molar-refractivity contribution in [2.45, 2.75) is 0 Å². The minimum absolute atomic E-state index is 1.29. The van der Waals surface area contributed by atoms with Crippen LogP contribution in [0.4, 0.5) is 0 Å². The standard InChI is InChI=1S/C38H30P2/c1-39(29-17-7-3-8-18-29,30-19-9-4-10-20-30)35-27-15-25-33-34-26-16-28-36(38(34)37(33)35)40(2,31-21-11-5-12-22-31)32-23-13-6-14-24-32/h3-28H,1-2H2. The van der Waals surface area contributed by atoms with Crippen LogP contribution in [0.25, 0.3) is 0 Å². The van der Waals surface area contributed by atoms with Crippen LogP contribution in [0.2, 0.25) is 0 Å². The van der Waals surface area contributed by atoms with Crippen LogP contribution in [0, 0.1) is 20.9 Å². The maximum atomic E-state index is 5.10. The maximum Gasteiger partial charge on any atom is -0.000937 e. The lowest BCUT2D eigenvalue weighted by Gasteiger charge is -2.31. The molecule has 0 aliphatic heterocycles. The molecule has 7 rings (SSSR count). The Bertz CT molecular complexity index is 1890. The zero-order valence-corrected chi connectivity index (χ0v) is 24.1. The average molecular weight is 549 g/mol. The summed E-state index contributed by atoms with van der Waals surface area (Å²) < 4.78 is 0. The number of fused-ring (bicyclic) bond motifs is 2. The molecule has 6 aromatic carbocycles. The summed E-state index contributed by atoms with van der Waals surface area (Å²) in [6, 6.07) is 57.2. The molecule has 1 aliphatic rings. The van der Waals surface area contributed by atoms with Crippen LogP contribution < -0.4 is 31.8 Å². The maximum absolute atomic E-state index is 5.10. The molecule has 0 nitrogen and oxygen atoms in total. The van der Waals surface area contributed by atoms with Crippen molar-refractivity contribution in [2.24, 2.45) is 0 Å². The lowest BCUT2D eigenvalue weighted by Crippen LogP contribution is -2.31. The first-order chi connectivity index (χ1) is 19.6. The van der Waals surface area contributed by atoms with Crippen LogP contribution in [-0.4, -0.2) is 12.6 Å². The van der Waals surface area contributed by atoms with E-state index in [2.05, 4.69) is 158 Å². The highest BCUT2D eigenvalue weighted by Crippen LogP contribution is 2.45. The number of hydrogen-bond acceptors (Lipinski definition) is 0.